The predicted molar refractivity (Wildman–Crippen MR) is 127 cm³/mol. The van der Waals surface area contributed by atoms with E-state index in [1.807, 2.05) is 0 Å². The normalized spacial score (nSPS) is 12.5. The Bertz CT molecular complexity index is 1350. The van der Waals surface area contributed by atoms with Gasteiger partial charge in [0.25, 0.3) is 10.0 Å². The van der Waals surface area contributed by atoms with Crippen molar-refractivity contribution in [2.45, 2.75) is 4.90 Å². The molecule has 0 unspecified atom stereocenters. The number of sulfonamides is 1. The highest BCUT2D eigenvalue weighted by atomic mass is 32.2. The van der Waals surface area contributed by atoms with Crippen LogP contribution in [0.5, 0.6) is 17.2 Å². The molecule has 0 atom stereocenters. The fraction of sp³-hybridized carbons (Fsp3) is 0.200. The van der Waals surface area contributed by atoms with Crippen LogP contribution in [0, 0.1) is 0 Å². The Kier molecular flexibility index (Phi) is 6.92. The molecule has 35 heavy (non-hydrogen) atoms. The third kappa shape index (κ3) is 5.07. The first-order valence-corrected chi connectivity index (χ1v) is 12.1. The van der Waals surface area contributed by atoms with Gasteiger partial charge in [-0.05, 0) is 54.6 Å². The number of esters is 1. The maximum absolute atomic E-state index is 13.0. The molecule has 0 saturated carbocycles. The van der Waals surface area contributed by atoms with Crippen LogP contribution in [0.3, 0.4) is 0 Å². The fourth-order valence-corrected chi connectivity index (χ4v) is 4.66. The van der Waals surface area contributed by atoms with Crippen molar-refractivity contribution in [3.8, 4) is 17.2 Å². The van der Waals surface area contributed by atoms with E-state index in [1.54, 1.807) is 42.5 Å². The zero-order chi connectivity index (χ0) is 25.0. The van der Waals surface area contributed by atoms with E-state index in [4.69, 9.17) is 18.9 Å². The molecule has 0 radical (unpaired) electrons. The number of ketones is 1. The molecule has 9 nitrogen and oxygen atoms in total. The second kappa shape index (κ2) is 10.1. The number of hydrogen-bond donors (Lipinski definition) is 0. The summed E-state index contributed by atoms with van der Waals surface area (Å²) < 4.78 is 48.5. The third-order valence-electron chi connectivity index (χ3n) is 5.37. The average Bonchev–Trinajstić information content (AvgIpc) is 2.90. The Hall–Kier alpha value is -4.05. The van der Waals surface area contributed by atoms with Gasteiger partial charge in [-0.2, -0.15) is 0 Å². The molecule has 0 N–H and O–H groups in total. The van der Waals surface area contributed by atoms with Crippen LogP contribution in [-0.4, -0.2) is 54.1 Å². The fourth-order valence-electron chi connectivity index (χ4n) is 3.46. The first kappa shape index (κ1) is 24.1. The number of nitrogens with zero attached hydrogens (tertiary/aromatic N) is 1. The third-order valence-corrected chi connectivity index (χ3v) is 7.16. The van der Waals surface area contributed by atoms with E-state index in [1.165, 1.54) is 38.4 Å². The summed E-state index contributed by atoms with van der Waals surface area (Å²) in [5.74, 6) is 0.256. The van der Waals surface area contributed by atoms with Crippen molar-refractivity contribution in [3.63, 3.8) is 0 Å². The van der Waals surface area contributed by atoms with Crippen molar-refractivity contribution in [1.29, 1.82) is 0 Å². The van der Waals surface area contributed by atoms with Crippen LogP contribution < -0.4 is 18.5 Å². The predicted octanol–water partition coefficient (Wildman–Crippen LogP) is 3.33. The molecule has 0 bridgehead atoms. The molecule has 3 aromatic rings. The highest BCUT2D eigenvalue weighted by molar-refractivity contribution is 7.92. The number of hydrogen-bond acceptors (Lipinski definition) is 8. The van der Waals surface area contributed by atoms with Gasteiger partial charge in [0, 0.05) is 12.6 Å². The van der Waals surface area contributed by atoms with Crippen molar-refractivity contribution in [3.05, 3.63) is 77.9 Å². The van der Waals surface area contributed by atoms with E-state index in [2.05, 4.69) is 0 Å². The number of benzene rings is 3. The van der Waals surface area contributed by atoms with Gasteiger partial charge >= 0.3 is 5.97 Å². The molecule has 0 spiro atoms. The van der Waals surface area contributed by atoms with Crippen molar-refractivity contribution in [2.24, 2.45) is 0 Å². The van der Waals surface area contributed by atoms with E-state index in [0.717, 1.165) is 4.31 Å². The largest absolute Gasteiger partial charge is 0.495 e. The lowest BCUT2D eigenvalue weighted by atomic mass is 10.1. The lowest BCUT2D eigenvalue weighted by molar-refractivity contribution is 0.0474. The molecule has 0 fully saturated rings. The molecule has 0 aromatic heterocycles. The molecule has 3 aromatic carbocycles. The van der Waals surface area contributed by atoms with Crippen LogP contribution in [0.4, 0.5) is 5.69 Å². The van der Waals surface area contributed by atoms with Crippen LogP contribution in [0.1, 0.15) is 20.7 Å². The smallest absolute Gasteiger partial charge is 0.338 e. The molecule has 4 rings (SSSR count). The Morgan fingerprint density at radius 1 is 0.914 bits per heavy atom. The van der Waals surface area contributed by atoms with E-state index in [-0.39, 0.29) is 10.5 Å². The van der Waals surface area contributed by atoms with Crippen LogP contribution in [0.15, 0.2) is 71.6 Å². The van der Waals surface area contributed by atoms with E-state index < -0.39 is 28.4 Å². The SMILES string of the molecule is COc1ccccc1N(C)S(=O)(=O)c1ccc(C(=O)OCC(=O)c2ccc3c(c2)OCCO3)cc1. The number of fused-ring (bicyclic) bond motifs is 1. The number of ether oxygens (including phenoxy) is 4. The Labute approximate surface area is 202 Å². The Balaban J connectivity index is 1.42. The lowest BCUT2D eigenvalue weighted by Gasteiger charge is -2.21. The van der Waals surface area contributed by atoms with Crippen LogP contribution in [-0.2, 0) is 14.8 Å². The molecule has 0 aliphatic carbocycles. The average molecular weight is 498 g/mol. The van der Waals surface area contributed by atoms with Crippen molar-refractivity contribution in [1.82, 2.24) is 0 Å². The Morgan fingerprint density at radius 3 is 2.29 bits per heavy atom. The molecule has 1 aliphatic rings. The first-order valence-electron chi connectivity index (χ1n) is 10.6. The molecular formula is C25H23NO8S. The van der Waals surface area contributed by atoms with Gasteiger partial charge < -0.3 is 18.9 Å². The second-order valence-electron chi connectivity index (χ2n) is 7.53. The molecule has 10 heteroatoms. The molecule has 0 amide bonds. The summed E-state index contributed by atoms with van der Waals surface area (Å²) in [6, 6.07) is 16.8. The molecule has 182 valence electrons. The summed E-state index contributed by atoms with van der Waals surface area (Å²) in [7, 11) is -1.04. The topological polar surface area (TPSA) is 108 Å². The summed E-state index contributed by atoms with van der Waals surface area (Å²) in [6.07, 6.45) is 0. The minimum atomic E-state index is -3.91. The minimum Gasteiger partial charge on any atom is -0.495 e. The molecule has 0 saturated heterocycles. The number of anilines is 1. The quantitative estimate of drug-likeness (QED) is 0.344. The number of carbonyl (C=O) groups excluding carboxylic acids is 2. The van der Waals surface area contributed by atoms with Gasteiger partial charge in [-0.1, -0.05) is 12.1 Å². The van der Waals surface area contributed by atoms with Gasteiger partial charge in [0.1, 0.15) is 19.0 Å². The van der Waals surface area contributed by atoms with Crippen LogP contribution in [0.2, 0.25) is 0 Å². The number of methoxy groups -OCH3 is 1. The Morgan fingerprint density at radius 2 is 1.57 bits per heavy atom. The zero-order valence-corrected chi connectivity index (χ0v) is 19.9. The second-order valence-corrected chi connectivity index (χ2v) is 9.50. The molecule has 1 aliphatic heterocycles. The van der Waals surface area contributed by atoms with Gasteiger partial charge in [0.2, 0.25) is 0 Å². The lowest BCUT2D eigenvalue weighted by Crippen LogP contribution is -2.27. The van der Waals surface area contributed by atoms with E-state index >= 15 is 0 Å². The zero-order valence-electron chi connectivity index (χ0n) is 19.1. The van der Waals surface area contributed by atoms with Gasteiger partial charge in [0.15, 0.2) is 23.9 Å². The highest BCUT2D eigenvalue weighted by Crippen LogP contribution is 2.32. The number of para-hydroxylation sites is 2. The number of rotatable bonds is 8. The van der Waals surface area contributed by atoms with Gasteiger partial charge in [0.05, 0.1) is 23.3 Å². The number of Topliss-reactive ketones (excluding diaryl/α,β-unsaturated/α-hetero) is 1. The van der Waals surface area contributed by atoms with Crippen molar-refractivity contribution < 1.29 is 37.0 Å². The standard InChI is InChI=1S/C25H23NO8S/c1-26(20-5-3-4-6-22(20)31-2)35(29,30)19-10-7-17(8-11-19)25(28)34-16-21(27)18-9-12-23-24(15-18)33-14-13-32-23/h3-12,15H,13-14,16H2,1-2H3. The molecule has 1 heterocycles. The summed E-state index contributed by atoms with van der Waals surface area (Å²) in [5.41, 5.74) is 0.804. The van der Waals surface area contributed by atoms with E-state index in [0.29, 0.717) is 41.7 Å². The monoisotopic (exact) mass is 497 g/mol. The van der Waals surface area contributed by atoms with Crippen molar-refractivity contribution >= 4 is 27.5 Å². The van der Waals surface area contributed by atoms with Gasteiger partial charge in [-0.25, -0.2) is 13.2 Å². The summed E-state index contributed by atoms with van der Waals surface area (Å²) in [5, 5.41) is 0. The first-order chi connectivity index (χ1) is 16.8. The van der Waals surface area contributed by atoms with Crippen LogP contribution >= 0.6 is 0 Å². The summed E-state index contributed by atoms with van der Waals surface area (Å²) in [6.45, 7) is 0.351. The summed E-state index contributed by atoms with van der Waals surface area (Å²) in [4.78, 5) is 24.8. The van der Waals surface area contributed by atoms with Gasteiger partial charge in [-0.3, -0.25) is 9.10 Å². The van der Waals surface area contributed by atoms with Crippen LogP contribution in [0.25, 0.3) is 0 Å². The van der Waals surface area contributed by atoms with E-state index in [9.17, 15) is 18.0 Å². The summed E-state index contributed by atoms with van der Waals surface area (Å²) >= 11 is 0. The highest BCUT2D eigenvalue weighted by Gasteiger charge is 2.24. The van der Waals surface area contributed by atoms with Gasteiger partial charge in [-0.15, -0.1) is 0 Å². The maximum Gasteiger partial charge on any atom is 0.338 e. The number of carbonyl (C=O) groups is 2. The van der Waals surface area contributed by atoms with Crippen molar-refractivity contribution in [2.75, 3.05) is 38.3 Å². The maximum atomic E-state index is 13.0. The minimum absolute atomic E-state index is 0.0187. The molecular weight excluding hydrogens is 474 g/mol.